The molecule has 0 N–H and O–H groups in total. The zero-order valence-electron chi connectivity index (χ0n) is 10.9. The van der Waals surface area contributed by atoms with Gasteiger partial charge >= 0.3 is 0 Å². The maximum atomic E-state index is 11.9. The Morgan fingerprint density at radius 3 is 2.79 bits per heavy atom. The van der Waals surface area contributed by atoms with Crippen LogP contribution in [0.25, 0.3) is 16.6 Å². The van der Waals surface area contributed by atoms with Crippen LogP contribution in [-0.4, -0.2) is 25.2 Å². The summed E-state index contributed by atoms with van der Waals surface area (Å²) in [5.74, 6) is 0.110. The van der Waals surface area contributed by atoms with Gasteiger partial charge in [0.2, 0.25) is 0 Å². The van der Waals surface area contributed by atoms with Gasteiger partial charge in [0.25, 0.3) is 0 Å². The van der Waals surface area contributed by atoms with Gasteiger partial charge in [-0.2, -0.15) is 10.2 Å². The van der Waals surface area contributed by atoms with Crippen LogP contribution < -0.4 is 0 Å². The van der Waals surface area contributed by atoms with Crippen LogP contribution >= 0.6 is 0 Å². The SMILES string of the molecule is CCC(=O)c1cnn2ccc(-c3cnn(C)c3)cc12. The molecule has 0 bridgehead atoms. The lowest BCUT2D eigenvalue weighted by Crippen LogP contribution is -1.96. The summed E-state index contributed by atoms with van der Waals surface area (Å²) in [5, 5.41) is 8.36. The highest BCUT2D eigenvalue weighted by Gasteiger charge is 2.12. The quantitative estimate of drug-likeness (QED) is 0.674. The highest BCUT2D eigenvalue weighted by Crippen LogP contribution is 2.22. The van der Waals surface area contributed by atoms with Crippen LogP contribution in [0.1, 0.15) is 23.7 Å². The van der Waals surface area contributed by atoms with Gasteiger partial charge in [-0.05, 0) is 17.7 Å². The Hall–Kier alpha value is -2.43. The lowest BCUT2D eigenvalue weighted by atomic mass is 10.1. The van der Waals surface area contributed by atoms with Crippen molar-refractivity contribution in [3.8, 4) is 11.1 Å². The molecular formula is C14H14N4O. The summed E-state index contributed by atoms with van der Waals surface area (Å²) in [5.41, 5.74) is 3.58. The summed E-state index contributed by atoms with van der Waals surface area (Å²) < 4.78 is 3.48. The van der Waals surface area contributed by atoms with E-state index in [4.69, 9.17) is 0 Å². The van der Waals surface area contributed by atoms with Crippen molar-refractivity contribution in [2.75, 3.05) is 0 Å². The lowest BCUT2D eigenvalue weighted by Gasteiger charge is -2.00. The number of nitrogens with zero attached hydrogens (tertiary/aromatic N) is 4. The first-order valence-corrected chi connectivity index (χ1v) is 6.18. The number of carbonyl (C=O) groups excluding carboxylic acids is 1. The Bertz CT molecular complexity index is 754. The van der Waals surface area contributed by atoms with Gasteiger partial charge in [-0.15, -0.1) is 0 Å². The minimum atomic E-state index is 0.110. The van der Waals surface area contributed by atoms with E-state index < -0.39 is 0 Å². The van der Waals surface area contributed by atoms with Crippen molar-refractivity contribution in [3.63, 3.8) is 0 Å². The fourth-order valence-electron chi connectivity index (χ4n) is 2.14. The van der Waals surface area contributed by atoms with E-state index in [-0.39, 0.29) is 5.78 Å². The van der Waals surface area contributed by atoms with Gasteiger partial charge in [-0.1, -0.05) is 6.92 Å². The van der Waals surface area contributed by atoms with Crippen LogP contribution in [-0.2, 0) is 7.05 Å². The molecule has 96 valence electrons. The van der Waals surface area contributed by atoms with Gasteiger partial charge in [-0.3, -0.25) is 9.48 Å². The van der Waals surface area contributed by atoms with Crippen LogP contribution in [0.15, 0.2) is 36.9 Å². The highest BCUT2D eigenvalue weighted by molar-refractivity contribution is 6.02. The number of fused-ring (bicyclic) bond motifs is 1. The van der Waals surface area contributed by atoms with E-state index >= 15 is 0 Å². The molecule has 0 radical (unpaired) electrons. The number of rotatable bonds is 3. The Balaban J connectivity index is 2.16. The third-order valence-corrected chi connectivity index (χ3v) is 3.18. The molecule has 0 saturated carbocycles. The molecule has 0 aromatic carbocycles. The van der Waals surface area contributed by atoms with Crippen LogP contribution in [0.2, 0.25) is 0 Å². The molecule has 5 heteroatoms. The van der Waals surface area contributed by atoms with E-state index in [1.165, 1.54) is 0 Å². The van der Waals surface area contributed by atoms with Gasteiger partial charge in [0, 0.05) is 31.4 Å². The molecule has 3 rings (SSSR count). The van der Waals surface area contributed by atoms with Crippen molar-refractivity contribution in [1.82, 2.24) is 19.4 Å². The number of aromatic nitrogens is 4. The normalized spacial score (nSPS) is 11.1. The first-order valence-electron chi connectivity index (χ1n) is 6.18. The highest BCUT2D eigenvalue weighted by atomic mass is 16.1. The predicted molar refractivity (Wildman–Crippen MR) is 72.0 cm³/mol. The monoisotopic (exact) mass is 254 g/mol. The Morgan fingerprint density at radius 2 is 2.11 bits per heavy atom. The third-order valence-electron chi connectivity index (χ3n) is 3.18. The van der Waals surface area contributed by atoms with Crippen molar-refractivity contribution in [3.05, 3.63) is 42.5 Å². The number of pyridine rings is 1. The summed E-state index contributed by atoms with van der Waals surface area (Å²) >= 11 is 0. The predicted octanol–water partition coefficient (Wildman–Crippen LogP) is 2.33. The summed E-state index contributed by atoms with van der Waals surface area (Å²) in [4.78, 5) is 11.9. The van der Waals surface area contributed by atoms with E-state index in [0.717, 1.165) is 16.6 Å². The average Bonchev–Trinajstić information content (AvgIpc) is 3.03. The maximum absolute atomic E-state index is 11.9. The van der Waals surface area contributed by atoms with Crippen LogP contribution in [0, 0.1) is 0 Å². The number of hydrogen-bond acceptors (Lipinski definition) is 3. The molecule has 0 aliphatic rings. The molecule has 5 nitrogen and oxygen atoms in total. The first kappa shape index (κ1) is 11.6. The molecule has 0 unspecified atom stereocenters. The molecule has 3 aromatic rings. The maximum Gasteiger partial charge on any atom is 0.166 e. The van der Waals surface area contributed by atoms with E-state index in [1.54, 1.807) is 15.4 Å². The molecule has 0 saturated heterocycles. The second-order valence-corrected chi connectivity index (χ2v) is 4.48. The molecule has 0 amide bonds. The Kier molecular flexibility index (Phi) is 2.67. The van der Waals surface area contributed by atoms with Gasteiger partial charge in [0.15, 0.2) is 5.78 Å². The largest absolute Gasteiger partial charge is 0.294 e. The smallest absolute Gasteiger partial charge is 0.166 e. The third kappa shape index (κ3) is 1.93. The van der Waals surface area contributed by atoms with Crippen LogP contribution in [0.3, 0.4) is 0 Å². The number of carbonyl (C=O) groups is 1. The van der Waals surface area contributed by atoms with E-state index in [9.17, 15) is 4.79 Å². The van der Waals surface area contributed by atoms with Gasteiger partial charge in [-0.25, -0.2) is 4.52 Å². The van der Waals surface area contributed by atoms with Crippen LogP contribution in [0.5, 0.6) is 0 Å². The van der Waals surface area contributed by atoms with Crippen molar-refractivity contribution in [1.29, 1.82) is 0 Å². The molecule has 0 aliphatic heterocycles. The minimum absolute atomic E-state index is 0.110. The molecule has 3 heterocycles. The zero-order chi connectivity index (χ0) is 13.4. The summed E-state index contributed by atoms with van der Waals surface area (Å²) in [6.07, 6.45) is 7.74. The van der Waals surface area contributed by atoms with Crippen molar-refractivity contribution in [2.24, 2.45) is 7.05 Å². The molecule has 0 spiro atoms. The van der Waals surface area contributed by atoms with Crippen molar-refractivity contribution >= 4 is 11.3 Å². The number of aryl methyl sites for hydroxylation is 1. The zero-order valence-corrected chi connectivity index (χ0v) is 10.9. The fraction of sp³-hybridized carbons (Fsp3) is 0.214. The summed E-state index contributed by atoms with van der Waals surface area (Å²) in [7, 11) is 1.88. The first-order chi connectivity index (χ1) is 9.19. The van der Waals surface area contributed by atoms with E-state index in [2.05, 4.69) is 10.2 Å². The number of hydrogen-bond donors (Lipinski definition) is 0. The molecule has 3 aromatic heterocycles. The van der Waals surface area contributed by atoms with Gasteiger partial charge in [0.1, 0.15) is 0 Å². The van der Waals surface area contributed by atoms with E-state index in [1.807, 2.05) is 44.7 Å². The van der Waals surface area contributed by atoms with Gasteiger partial charge < -0.3 is 0 Å². The Morgan fingerprint density at radius 1 is 1.26 bits per heavy atom. The lowest BCUT2D eigenvalue weighted by molar-refractivity contribution is 0.0989. The number of Topliss-reactive ketones (excluding diaryl/α,β-unsaturated/α-hetero) is 1. The summed E-state index contributed by atoms with van der Waals surface area (Å²) in [6.45, 7) is 1.86. The summed E-state index contributed by atoms with van der Waals surface area (Å²) in [6, 6.07) is 3.95. The van der Waals surface area contributed by atoms with Crippen molar-refractivity contribution < 1.29 is 4.79 Å². The molecule has 0 fully saturated rings. The van der Waals surface area contributed by atoms with Gasteiger partial charge in [0.05, 0.1) is 23.5 Å². The minimum Gasteiger partial charge on any atom is -0.294 e. The molecular weight excluding hydrogens is 240 g/mol. The van der Waals surface area contributed by atoms with Crippen molar-refractivity contribution in [2.45, 2.75) is 13.3 Å². The van der Waals surface area contributed by atoms with Crippen LogP contribution in [0.4, 0.5) is 0 Å². The molecule has 0 aliphatic carbocycles. The second kappa shape index (κ2) is 4.35. The standard InChI is InChI=1S/C14H14N4O/c1-3-14(19)12-8-16-18-5-4-10(6-13(12)18)11-7-15-17(2)9-11/h4-9H,3H2,1-2H3. The Labute approximate surface area is 110 Å². The molecule has 0 atom stereocenters. The average molecular weight is 254 g/mol. The number of ketones is 1. The van der Waals surface area contributed by atoms with E-state index in [0.29, 0.717) is 12.0 Å². The fourth-order valence-corrected chi connectivity index (χ4v) is 2.14. The second-order valence-electron chi connectivity index (χ2n) is 4.48. The topological polar surface area (TPSA) is 52.2 Å². The molecule has 19 heavy (non-hydrogen) atoms.